The predicted molar refractivity (Wildman–Crippen MR) is 76.9 cm³/mol. The van der Waals surface area contributed by atoms with Gasteiger partial charge in [0.2, 0.25) is 5.91 Å². The van der Waals surface area contributed by atoms with Crippen molar-refractivity contribution >= 4 is 5.91 Å². The molecule has 3 N–H and O–H groups in total. The fourth-order valence-corrected chi connectivity index (χ4v) is 2.75. The van der Waals surface area contributed by atoms with E-state index in [9.17, 15) is 9.90 Å². The molecule has 1 aromatic rings. The van der Waals surface area contributed by atoms with E-state index in [1.165, 1.54) is 0 Å². The van der Waals surface area contributed by atoms with Gasteiger partial charge in [-0.15, -0.1) is 0 Å². The SMILES string of the molecule is Cc1ccc(CN2CCCC(O)(CCC(N)=O)C2)cn1. The van der Waals surface area contributed by atoms with Gasteiger partial charge in [-0.05, 0) is 44.4 Å². The molecular weight excluding hydrogens is 254 g/mol. The number of aromatic nitrogens is 1. The summed E-state index contributed by atoms with van der Waals surface area (Å²) in [5, 5.41) is 10.5. The molecule has 0 aliphatic carbocycles. The predicted octanol–water partition coefficient (Wildman–Crippen LogP) is 0.982. The van der Waals surface area contributed by atoms with Crippen molar-refractivity contribution in [1.29, 1.82) is 0 Å². The van der Waals surface area contributed by atoms with Crippen LogP contribution in [-0.2, 0) is 11.3 Å². The molecule has 0 radical (unpaired) electrons. The average molecular weight is 277 g/mol. The Balaban J connectivity index is 1.92. The molecular formula is C15H23N3O2. The minimum Gasteiger partial charge on any atom is -0.389 e. The number of carbonyl (C=O) groups excluding carboxylic acids is 1. The minimum absolute atomic E-state index is 0.246. The molecule has 5 nitrogen and oxygen atoms in total. The standard InChI is InChI=1S/C15H23N3O2/c1-12-3-4-13(9-17-12)10-18-8-2-6-15(20,11-18)7-5-14(16)19/h3-4,9,20H,2,5-8,10-11H2,1H3,(H2,16,19). The molecule has 1 unspecified atom stereocenters. The summed E-state index contributed by atoms with van der Waals surface area (Å²) in [4.78, 5) is 17.4. The van der Waals surface area contributed by atoms with Crippen molar-refractivity contribution < 1.29 is 9.90 Å². The Morgan fingerprint density at radius 3 is 3.00 bits per heavy atom. The molecule has 0 bridgehead atoms. The number of β-amino-alcohol motifs (C(OH)–C–C–N with tert-alkyl or cyclic N) is 1. The molecule has 1 fully saturated rings. The highest BCUT2D eigenvalue weighted by Gasteiger charge is 2.33. The van der Waals surface area contributed by atoms with E-state index in [1.54, 1.807) is 0 Å². The maximum absolute atomic E-state index is 10.9. The van der Waals surface area contributed by atoms with Crippen molar-refractivity contribution in [3.63, 3.8) is 0 Å². The zero-order chi connectivity index (χ0) is 14.6. The van der Waals surface area contributed by atoms with Crippen molar-refractivity contribution in [3.05, 3.63) is 29.6 Å². The number of piperidine rings is 1. The van der Waals surface area contributed by atoms with E-state index >= 15 is 0 Å². The van der Waals surface area contributed by atoms with Gasteiger partial charge in [0, 0.05) is 31.4 Å². The highest BCUT2D eigenvalue weighted by molar-refractivity contribution is 5.73. The van der Waals surface area contributed by atoms with Crippen LogP contribution in [0.25, 0.3) is 0 Å². The summed E-state index contributed by atoms with van der Waals surface area (Å²) in [6, 6.07) is 4.07. The molecule has 20 heavy (non-hydrogen) atoms. The zero-order valence-electron chi connectivity index (χ0n) is 12.0. The lowest BCUT2D eigenvalue weighted by molar-refractivity contribution is -0.120. The van der Waals surface area contributed by atoms with Crippen molar-refractivity contribution in [2.75, 3.05) is 13.1 Å². The molecule has 1 aromatic heterocycles. The van der Waals surface area contributed by atoms with Gasteiger partial charge in [0.25, 0.3) is 0 Å². The van der Waals surface area contributed by atoms with Crippen molar-refractivity contribution in [2.24, 2.45) is 5.73 Å². The van der Waals surface area contributed by atoms with Crippen molar-refractivity contribution in [1.82, 2.24) is 9.88 Å². The second-order valence-electron chi connectivity index (χ2n) is 5.81. The first-order valence-corrected chi connectivity index (χ1v) is 7.11. The Hall–Kier alpha value is -1.46. The molecule has 2 rings (SSSR count). The molecule has 1 saturated heterocycles. The van der Waals surface area contributed by atoms with Crippen LogP contribution in [0.3, 0.4) is 0 Å². The molecule has 0 saturated carbocycles. The second-order valence-corrected chi connectivity index (χ2v) is 5.81. The van der Waals surface area contributed by atoms with E-state index in [0.717, 1.165) is 37.2 Å². The third-order valence-electron chi connectivity index (χ3n) is 3.85. The van der Waals surface area contributed by atoms with Crippen molar-refractivity contribution in [2.45, 2.75) is 44.8 Å². The second kappa shape index (κ2) is 6.33. The molecule has 0 aromatic carbocycles. The Morgan fingerprint density at radius 1 is 1.55 bits per heavy atom. The van der Waals surface area contributed by atoms with Crippen LogP contribution in [0.4, 0.5) is 0 Å². The highest BCUT2D eigenvalue weighted by atomic mass is 16.3. The van der Waals surface area contributed by atoms with Crippen LogP contribution < -0.4 is 5.73 Å². The first-order valence-electron chi connectivity index (χ1n) is 7.11. The van der Waals surface area contributed by atoms with Crippen LogP contribution in [0.15, 0.2) is 18.3 Å². The topological polar surface area (TPSA) is 79.5 Å². The minimum atomic E-state index is -0.786. The number of nitrogens with zero attached hydrogens (tertiary/aromatic N) is 2. The molecule has 1 aliphatic rings. The number of pyridine rings is 1. The summed E-state index contributed by atoms with van der Waals surface area (Å²) in [5.74, 6) is -0.349. The van der Waals surface area contributed by atoms with E-state index in [-0.39, 0.29) is 12.3 Å². The lowest BCUT2D eigenvalue weighted by atomic mass is 9.88. The van der Waals surface area contributed by atoms with Crippen LogP contribution in [0.1, 0.15) is 36.9 Å². The Kier molecular flexibility index (Phi) is 4.73. The number of hydrogen-bond acceptors (Lipinski definition) is 4. The summed E-state index contributed by atoms with van der Waals surface area (Å²) in [7, 11) is 0. The third-order valence-corrected chi connectivity index (χ3v) is 3.85. The van der Waals surface area contributed by atoms with Gasteiger partial charge in [0.15, 0.2) is 0 Å². The smallest absolute Gasteiger partial charge is 0.217 e. The van der Waals surface area contributed by atoms with Gasteiger partial charge in [0.1, 0.15) is 0 Å². The molecule has 110 valence electrons. The lowest BCUT2D eigenvalue weighted by Crippen LogP contribution is -2.48. The fourth-order valence-electron chi connectivity index (χ4n) is 2.75. The number of aryl methyl sites for hydroxylation is 1. The van der Waals surface area contributed by atoms with E-state index in [0.29, 0.717) is 13.0 Å². The zero-order valence-corrected chi connectivity index (χ0v) is 12.0. The maximum Gasteiger partial charge on any atom is 0.217 e. The van der Waals surface area contributed by atoms with Gasteiger partial charge in [-0.25, -0.2) is 0 Å². The van der Waals surface area contributed by atoms with E-state index < -0.39 is 5.60 Å². The number of hydrogen-bond donors (Lipinski definition) is 2. The average Bonchev–Trinajstić information content (AvgIpc) is 2.40. The van der Waals surface area contributed by atoms with Gasteiger partial charge in [-0.3, -0.25) is 14.7 Å². The fraction of sp³-hybridized carbons (Fsp3) is 0.600. The largest absolute Gasteiger partial charge is 0.389 e. The number of rotatable bonds is 5. The molecule has 0 spiro atoms. The quantitative estimate of drug-likeness (QED) is 0.841. The summed E-state index contributed by atoms with van der Waals surface area (Å²) in [5.41, 5.74) is 6.54. The van der Waals surface area contributed by atoms with Crippen LogP contribution in [0, 0.1) is 6.92 Å². The number of carbonyl (C=O) groups is 1. The Labute approximate surface area is 119 Å². The highest BCUT2D eigenvalue weighted by Crippen LogP contribution is 2.26. The number of aliphatic hydroxyl groups is 1. The number of likely N-dealkylation sites (tertiary alicyclic amines) is 1. The van der Waals surface area contributed by atoms with Gasteiger partial charge < -0.3 is 10.8 Å². The summed E-state index contributed by atoms with van der Waals surface area (Å²) < 4.78 is 0. The first-order chi connectivity index (χ1) is 9.47. The van der Waals surface area contributed by atoms with Crippen LogP contribution >= 0.6 is 0 Å². The van der Waals surface area contributed by atoms with Gasteiger partial charge in [0.05, 0.1) is 5.60 Å². The monoisotopic (exact) mass is 277 g/mol. The normalized spacial score (nSPS) is 23.7. The first kappa shape index (κ1) is 14.9. The van der Waals surface area contributed by atoms with E-state index in [2.05, 4.69) is 16.0 Å². The van der Waals surface area contributed by atoms with Gasteiger partial charge in [-0.2, -0.15) is 0 Å². The lowest BCUT2D eigenvalue weighted by Gasteiger charge is -2.39. The van der Waals surface area contributed by atoms with E-state index in [4.69, 9.17) is 5.73 Å². The van der Waals surface area contributed by atoms with Crippen LogP contribution in [0.5, 0.6) is 0 Å². The molecule has 1 atom stereocenters. The van der Waals surface area contributed by atoms with Crippen LogP contribution in [0.2, 0.25) is 0 Å². The maximum atomic E-state index is 10.9. The van der Waals surface area contributed by atoms with Gasteiger partial charge in [-0.1, -0.05) is 6.07 Å². The van der Waals surface area contributed by atoms with Crippen LogP contribution in [-0.4, -0.2) is 39.6 Å². The molecule has 2 heterocycles. The number of primary amides is 1. The molecule has 5 heteroatoms. The third kappa shape index (κ3) is 4.28. The Bertz CT molecular complexity index is 461. The summed E-state index contributed by atoms with van der Waals surface area (Å²) >= 11 is 0. The number of amides is 1. The van der Waals surface area contributed by atoms with E-state index in [1.807, 2.05) is 19.2 Å². The summed E-state index contributed by atoms with van der Waals surface area (Å²) in [6.07, 6.45) is 4.26. The number of nitrogens with two attached hydrogens (primary N) is 1. The van der Waals surface area contributed by atoms with Gasteiger partial charge >= 0.3 is 0 Å². The van der Waals surface area contributed by atoms with Crippen molar-refractivity contribution in [3.8, 4) is 0 Å². The summed E-state index contributed by atoms with van der Waals surface area (Å²) in [6.45, 7) is 4.31. The Morgan fingerprint density at radius 2 is 2.35 bits per heavy atom. The molecule has 1 amide bonds. The molecule has 1 aliphatic heterocycles.